The highest BCUT2D eigenvalue weighted by Gasteiger charge is 2.57. The summed E-state index contributed by atoms with van der Waals surface area (Å²) in [5, 5.41) is 12.0. The Kier molecular flexibility index (Phi) is 9.69. The maximum absolute atomic E-state index is 13.7. The Labute approximate surface area is 202 Å². The lowest BCUT2D eigenvalue weighted by atomic mass is 9.69. The van der Waals surface area contributed by atoms with Gasteiger partial charge in [-0.05, 0) is 37.7 Å². The normalized spacial score (nSPS) is 25.8. The first-order valence-electron chi connectivity index (χ1n) is 12.6. The predicted molar refractivity (Wildman–Crippen MR) is 129 cm³/mol. The van der Waals surface area contributed by atoms with Gasteiger partial charge in [0.2, 0.25) is 11.8 Å². The fourth-order valence-electron chi connectivity index (χ4n) is 5.32. The number of aliphatic hydroxyl groups excluding tert-OH is 1. The van der Waals surface area contributed by atoms with E-state index in [1.807, 2.05) is 49.4 Å². The first kappa shape index (κ1) is 25.9. The number of amides is 2. The van der Waals surface area contributed by atoms with Gasteiger partial charge in [-0.1, -0.05) is 62.2 Å². The number of esters is 1. The zero-order valence-corrected chi connectivity index (χ0v) is 20.3. The minimum Gasteiger partial charge on any atom is -0.466 e. The van der Waals surface area contributed by atoms with Crippen LogP contribution >= 0.6 is 0 Å². The molecule has 1 fully saturated rings. The summed E-state index contributed by atoms with van der Waals surface area (Å²) in [6.45, 7) is 5.03. The fourth-order valence-corrected chi connectivity index (χ4v) is 5.32. The average molecular weight is 471 g/mol. The van der Waals surface area contributed by atoms with E-state index >= 15 is 0 Å². The van der Waals surface area contributed by atoms with Gasteiger partial charge in [-0.3, -0.25) is 14.4 Å². The summed E-state index contributed by atoms with van der Waals surface area (Å²) in [5.74, 6) is -2.28. The summed E-state index contributed by atoms with van der Waals surface area (Å²) < 4.78 is 5.36. The maximum atomic E-state index is 13.7. The van der Waals surface area contributed by atoms with Crippen LogP contribution in [-0.2, 0) is 25.7 Å². The number of hydrogen-bond donors (Lipinski definition) is 2. The van der Waals surface area contributed by atoms with Crippen molar-refractivity contribution in [3.63, 3.8) is 0 Å². The highest BCUT2D eigenvalue weighted by molar-refractivity contribution is 5.96. The number of ether oxygens (including phenoxy) is 1. The average Bonchev–Trinajstić information content (AvgIpc) is 3.14. The van der Waals surface area contributed by atoms with E-state index in [9.17, 15) is 14.4 Å². The Morgan fingerprint density at radius 2 is 1.79 bits per heavy atom. The molecule has 7 nitrogen and oxygen atoms in total. The standard InChI is InChI=1S/C27H38N2O5/c1-3-20-14-15-21-23(22(20)27(33)34-4-2)26(32)29(16-10-5-6-11-17-30)24(21)25(31)28-18-19-12-8-7-9-13-19/h7-9,12-15,20-24,30H,3-6,10-11,16-18H2,1-2H3,(H,28,31)/t20-,21+,22-,23+,24+/m1/s1. The number of aliphatic hydroxyl groups is 1. The van der Waals surface area contributed by atoms with Gasteiger partial charge >= 0.3 is 5.97 Å². The van der Waals surface area contributed by atoms with Crippen LogP contribution in [0, 0.1) is 23.7 Å². The van der Waals surface area contributed by atoms with Crippen molar-refractivity contribution in [3.05, 3.63) is 48.0 Å². The van der Waals surface area contributed by atoms with Gasteiger partial charge in [-0.2, -0.15) is 0 Å². The first-order valence-corrected chi connectivity index (χ1v) is 12.6. The third-order valence-electron chi connectivity index (χ3n) is 7.03. The SMILES string of the molecule is CCOC(=O)[C@H]1[C@H]2C(=O)N(CCCCCCO)[C@H](C(=O)NCc3ccccc3)[C@H]2C=C[C@H]1CC. The quantitative estimate of drug-likeness (QED) is 0.278. The van der Waals surface area contributed by atoms with Gasteiger partial charge in [0.25, 0.3) is 0 Å². The maximum Gasteiger partial charge on any atom is 0.310 e. The van der Waals surface area contributed by atoms with Crippen molar-refractivity contribution in [2.75, 3.05) is 19.8 Å². The fraction of sp³-hybridized carbons (Fsp3) is 0.593. The molecule has 0 spiro atoms. The molecule has 2 aliphatic rings. The number of allylic oxidation sites excluding steroid dienone is 1. The van der Waals surface area contributed by atoms with Crippen LogP contribution in [0.15, 0.2) is 42.5 Å². The van der Waals surface area contributed by atoms with Crippen LogP contribution in [0.3, 0.4) is 0 Å². The highest BCUT2D eigenvalue weighted by Crippen LogP contribution is 2.45. The first-order chi connectivity index (χ1) is 16.5. The molecule has 1 aliphatic heterocycles. The summed E-state index contributed by atoms with van der Waals surface area (Å²) >= 11 is 0. The minimum atomic E-state index is -0.648. The van der Waals surface area contributed by atoms with Crippen molar-refractivity contribution in [1.29, 1.82) is 0 Å². The Balaban J connectivity index is 1.83. The summed E-state index contributed by atoms with van der Waals surface area (Å²) in [7, 11) is 0. The minimum absolute atomic E-state index is 0.0817. The molecule has 1 aromatic rings. The third kappa shape index (κ3) is 5.87. The topological polar surface area (TPSA) is 95.9 Å². The lowest BCUT2D eigenvalue weighted by Crippen LogP contribution is -2.47. The molecule has 0 bridgehead atoms. The molecule has 1 saturated heterocycles. The van der Waals surface area contributed by atoms with Gasteiger partial charge < -0.3 is 20.1 Å². The lowest BCUT2D eigenvalue weighted by molar-refractivity contribution is -0.155. The third-order valence-corrected chi connectivity index (χ3v) is 7.03. The summed E-state index contributed by atoms with van der Waals surface area (Å²) in [5.41, 5.74) is 0.988. The predicted octanol–water partition coefficient (Wildman–Crippen LogP) is 3.07. The van der Waals surface area contributed by atoms with Crippen molar-refractivity contribution in [1.82, 2.24) is 10.2 Å². The molecule has 34 heavy (non-hydrogen) atoms. The second-order valence-corrected chi connectivity index (χ2v) is 9.16. The van der Waals surface area contributed by atoms with E-state index < -0.39 is 17.9 Å². The van der Waals surface area contributed by atoms with Crippen LogP contribution in [-0.4, -0.2) is 53.6 Å². The Morgan fingerprint density at radius 3 is 2.47 bits per heavy atom. The molecule has 1 aromatic carbocycles. The van der Waals surface area contributed by atoms with Crippen molar-refractivity contribution in [2.24, 2.45) is 23.7 Å². The summed E-state index contributed by atoms with van der Waals surface area (Å²) in [6, 6.07) is 9.03. The van der Waals surface area contributed by atoms with E-state index in [0.29, 0.717) is 13.1 Å². The molecule has 3 rings (SSSR count). The lowest BCUT2D eigenvalue weighted by Gasteiger charge is -2.33. The van der Waals surface area contributed by atoms with Gasteiger partial charge in [0.1, 0.15) is 6.04 Å². The number of nitrogens with zero attached hydrogens (tertiary/aromatic N) is 1. The molecule has 0 unspecified atom stereocenters. The molecule has 1 heterocycles. The molecule has 0 aromatic heterocycles. The number of carbonyl (C=O) groups is 3. The molecule has 0 saturated carbocycles. The Bertz CT molecular complexity index is 856. The number of fused-ring (bicyclic) bond motifs is 1. The number of carbonyl (C=O) groups excluding carboxylic acids is 3. The van der Waals surface area contributed by atoms with Crippen LogP contribution in [0.1, 0.15) is 51.5 Å². The van der Waals surface area contributed by atoms with E-state index in [-0.39, 0.29) is 42.8 Å². The largest absolute Gasteiger partial charge is 0.466 e. The summed E-state index contributed by atoms with van der Waals surface area (Å²) in [4.78, 5) is 41.7. The van der Waals surface area contributed by atoms with Crippen molar-refractivity contribution in [2.45, 2.75) is 58.5 Å². The van der Waals surface area contributed by atoms with E-state index in [4.69, 9.17) is 9.84 Å². The smallest absolute Gasteiger partial charge is 0.310 e. The van der Waals surface area contributed by atoms with Gasteiger partial charge in [-0.15, -0.1) is 0 Å². The van der Waals surface area contributed by atoms with Gasteiger partial charge in [0, 0.05) is 25.6 Å². The molecule has 2 N–H and O–H groups in total. The van der Waals surface area contributed by atoms with E-state index in [1.165, 1.54) is 0 Å². The Morgan fingerprint density at radius 1 is 1.06 bits per heavy atom. The van der Waals surface area contributed by atoms with Crippen LogP contribution in [0.25, 0.3) is 0 Å². The summed E-state index contributed by atoms with van der Waals surface area (Å²) in [6.07, 6.45) is 7.92. The number of rotatable bonds is 12. The molecule has 0 radical (unpaired) electrons. The second kappa shape index (κ2) is 12.7. The zero-order chi connectivity index (χ0) is 24.5. The zero-order valence-electron chi connectivity index (χ0n) is 20.3. The Hall–Kier alpha value is -2.67. The molecule has 186 valence electrons. The second-order valence-electron chi connectivity index (χ2n) is 9.16. The number of benzene rings is 1. The van der Waals surface area contributed by atoms with Crippen molar-refractivity contribution < 1.29 is 24.2 Å². The number of hydrogen-bond acceptors (Lipinski definition) is 5. The van der Waals surface area contributed by atoms with Crippen molar-refractivity contribution in [3.8, 4) is 0 Å². The van der Waals surface area contributed by atoms with Gasteiger partial charge in [-0.25, -0.2) is 0 Å². The number of nitrogens with one attached hydrogen (secondary N) is 1. The van der Waals surface area contributed by atoms with Crippen molar-refractivity contribution >= 4 is 17.8 Å². The highest BCUT2D eigenvalue weighted by atomic mass is 16.5. The van der Waals surface area contributed by atoms with E-state index in [2.05, 4.69) is 5.32 Å². The van der Waals surface area contributed by atoms with Gasteiger partial charge in [0.15, 0.2) is 0 Å². The molecule has 2 amide bonds. The molecule has 5 atom stereocenters. The molecule has 1 aliphatic carbocycles. The number of likely N-dealkylation sites (tertiary alicyclic amines) is 1. The van der Waals surface area contributed by atoms with Crippen LogP contribution in [0.4, 0.5) is 0 Å². The molecular formula is C27H38N2O5. The number of unbranched alkanes of at least 4 members (excludes halogenated alkanes) is 3. The molecular weight excluding hydrogens is 432 g/mol. The van der Waals surface area contributed by atoms with Gasteiger partial charge in [0.05, 0.1) is 18.4 Å². The monoisotopic (exact) mass is 470 g/mol. The van der Waals surface area contributed by atoms with Crippen LogP contribution < -0.4 is 5.32 Å². The van der Waals surface area contributed by atoms with E-state index in [1.54, 1.807) is 11.8 Å². The van der Waals surface area contributed by atoms with E-state index in [0.717, 1.165) is 37.7 Å². The van der Waals surface area contributed by atoms with Crippen LogP contribution in [0.2, 0.25) is 0 Å². The van der Waals surface area contributed by atoms with Crippen LogP contribution in [0.5, 0.6) is 0 Å². The molecule has 7 heteroatoms.